The van der Waals surface area contributed by atoms with Crippen LogP contribution in [0.1, 0.15) is 119 Å². The second-order valence-corrected chi connectivity index (χ2v) is 20.6. The Balaban J connectivity index is 0.983. The van der Waals surface area contributed by atoms with E-state index in [-0.39, 0.29) is 34.2 Å². The highest BCUT2D eigenvalue weighted by Crippen LogP contribution is 2.49. The minimum atomic E-state index is -4.66. The molecule has 2 saturated heterocycles. The van der Waals surface area contributed by atoms with Crippen molar-refractivity contribution in [3.63, 3.8) is 0 Å². The number of anilines is 2. The third-order valence-corrected chi connectivity index (χ3v) is 15.4. The molecule has 0 unspecified atom stereocenters. The molecule has 3 atom stereocenters. The maximum absolute atomic E-state index is 14.1. The molecule has 3 fully saturated rings. The fourth-order valence-electron chi connectivity index (χ4n) is 10.1. The molecule has 17 heteroatoms. The summed E-state index contributed by atoms with van der Waals surface area (Å²) in [6, 6.07) is 19.0. The van der Waals surface area contributed by atoms with Crippen LogP contribution in [-0.4, -0.2) is 95.7 Å². The first-order valence-electron chi connectivity index (χ1n) is 23.2. The number of H-pyrrole nitrogens is 1. The largest absolute Gasteiger partial charge is 0.478 e. The lowest BCUT2D eigenvalue weighted by Gasteiger charge is -2.57. The van der Waals surface area contributed by atoms with Crippen molar-refractivity contribution in [2.45, 2.75) is 114 Å². The number of carbonyl (C=O) groups excluding carboxylic acids is 1. The topological polar surface area (TPSA) is 205 Å². The van der Waals surface area contributed by atoms with Gasteiger partial charge in [-0.2, -0.15) is 4.98 Å². The summed E-state index contributed by atoms with van der Waals surface area (Å²) in [6.45, 7) is 12.3. The smallest absolute Gasteiger partial charge is 0.312 e. The van der Waals surface area contributed by atoms with Gasteiger partial charge >= 0.3 is 5.69 Å². The Bertz CT molecular complexity index is 2670. The number of aromatic amines is 1. The number of hydrogen-bond donors (Lipinski definition) is 4. The lowest BCUT2D eigenvalue weighted by Crippen LogP contribution is -2.63. The minimum absolute atomic E-state index is 0.0725. The van der Waals surface area contributed by atoms with Gasteiger partial charge < -0.3 is 29.8 Å². The molecular weight excluding hydrogens is 861 g/mol. The molecule has 352 valence electrons. The number of fused-ring (bicyclic) bond motifs is 1. The van der Waals surface area contributed by atoms with Crippen molar-refractivity contribution in [3.8, 4) is 17.4 Å². The highest BCUT2D eigenvalue weighted by atomic mass is 32.2. The maximum atomic E-state index is 14.1. The average molecular weight is 923 g/mol. The van der Waals surface area contributed by atoms with Crippen molar-refractivity contribution in [2.24, 2.45) is 5.41 Å². The number of likely N-dealkylation sites (tertiary alicyclic amines) is 1. The van der Waals surface area contributed by atoms with Crippen LogP contribution < -0.4 is 24.4 Å². The summed E-state index contributed by atoms with van der Waals surface area (Å²) in [5.74, 6) is 0.379. The molecule has 3 aliphatic rings. The van der Waals surface area contributed by atoms with Gasteiger partial charge in [0, 0.05) is 68.2 Å². The van der Waals surface area contributed by atoms with Crippen LogP contribution >= 0.6 is 0 Å². The number of nitro groups is 1. The number of sulfonamides is 1. The highest BCUT2D eigenvalue weighted by molar-refractivity contribution is 7.90. The Kier molecular flexibility index (Phi) is 13.6. The first kappa shape index (κ1) is 46.7. The van der Waals surface area contributed by atoms with Crippen molar-refractivity contribution in [2.75, 3.05) is 50.1 Å². The SMILES string of the molecule is CC[C@@](C)(O)CCCCNc1ncc(S(=O)(=O)NC(=O)c2ccc(N3CCC4(CC3)CN([C@H]3CCC[C@H]3c3ccccc3C(C)C)C4)cc2Oc2cc3cc[nH]c3nc2OC)cc1[N+](=O)[O-]. The van der Waals surface area contributed by atoms with Crippen molar-refractivity contribution in [1.29, 1.82) is 0 Å². The average Bonchev–Trinajstić information content (AvgIpc) is 3.97. The van der Waals surface area contributed by atoms with Gasteiger partial charge in [-0.05, 0) is 111 Å². The van der Waals surface area contributed by atoms with Crippen LogP contribution in [0.3, 0.4) is 0 Å². The molecule has 16 nitrogen and oxygen atoms in total. The predicted octanol–water partition coefficient (Wildman–Crippen LogP) is 8.89. The minimum Gasteiger partial charge on any atom is -0.478 e. The van der Waals surface area contributed by atoms with Gasteiger partial charge in [-0.1, -0.05) is 51.5 Å². The van der Waals surface area contributed by atoms with Crippen LogP contribution in [0.15, 0.2) is 78.0 Å². The zero-order valence-electron chi connectivity index (χ0n) is 38.5. The number of carbonyl (C=O) groups is 1. The summed E-state index contributed by atoms with van der Waals surface area (Å²) >= 11 is 0. The fourth-order valence-corrected chi connectivity index (χ4v) is 11.0. The molecule has 2 aromatic carbocycles. The van der Waals surface area contributed by atoms with Gasteiger partial charge in [-0.3, -0.25) is 19.8 Å². The normalized spacial score (nSPS) is 19.4. The molecule has 5 aromatic rings. The second-order valence-electron chi connectivity index (χ2n) is 18.9. The van der Waals surface area contributed by atoms with Crippen LogP contribution in [0, 0.1) is 15.5 Å². The summed E-state index contributed by atoms with van der Waals surface area (Å²) in [6.07, 6.45) is 10.9. The Morgan fingerprint density at radius 1 is 1.08 bits per heavy atom. The number of aromatic nitrogens is 3. The molecular formula is C49H62N8O8S. The van der Waals surface area contributed by atoms with E-state index in [4.69, 9.17) is 9.47 Å². The lowest BCUT2D eigenvalue weighted by atomic mass is 9.70. The van der Waals surface area contributed by atoms with Crippen molar-refractivity contribution in [3.05, 3.63) is 99.9 Å². The quantitative estimate of drug-likeness (QED) is 0.0369. The van der Waals surface area contributed by atoms with Crippen molar-refractivity contribution < 1.29 is 32.7 Å². The molecule has 1 saturated carbocycles. The van der Waals surface area contributed by atoms with Gasteiger partial charge in [0.25, 0.3) is 21.8 Å². The molecule has 1 amide bonds. The number of benzene rings is 2. The molecule has 2 aliphatic heterocycles. The zero-order chi connectivity index (χ0) is 46.8. The molecule has 1 aliphatic carbocycles. The molecule has 4 N–H and O–H groups in total. The van der Waals surface area contributed by atoms with Crippen LogP contribution in [-0.2, 0) is 10.0 Å². The van der Waals surface area contributed by atoms with Crippen LogP contribution in [0.25, 0.3) is 11.0 Å². The monoisotopic (exact) mass is 922 g/mol. The number of nitrogens with one attached hydrogen (secondary N) is 3. The fraction of sp³-hybridized carbons (Fsp3) is 0.490. The Labute approximate surface area is 386 Å². The van der Waals surface area contributed by atoms with Gasteiger partial charge in [0.2, 0.25) is 5.82 Å². The number of methoxy groups -OCH3 is 1. The van der Waals surface area contributed by atoms with Crippen LogP contribution in [0.4, 0.5) is 17.2 Å². The summed E-state index contributed by atoms with van der Waals surface area (Å²) in [4.78, 5) is 41.5. The Morgan fingerprint density at radius 3 is 2.58 bits per heavy atom. The number of aliphatic hydroxyl groups is 1. The first-order valence-corrected chi connectivity index (χ1v) is 24.7. The summed E-state index contributed by atoms with van der Waals surface area (Å²) < 4.78 is 41.5. The second kappa shape index (κ2) is 19.2. The van der Waals surface area contributed by atoms with Gasteiger partial charge in [0.05, 0.1) is 29.4 Å². The van der Waals surface area contributed by atoms with Crippen molar-refractivity contribution >= 4 is 44.2 Å². The first-order chi connectivity index (χ1) is 31.6. The number of piperidine rings is 1. The molecule has 1 spiro atoms. The van der Waals surface area contributed by atoms with E-state index >= 15 is 0 Å². The van der Waals surface area contributed by atoms with Gasteiger partial charge in [0.15, 0.2) is 5.75 Å². The Morgan fingerprint density at radius 2 is 1.85 bits per heavy atom. The van der Waals surface area contributed by atoms with Crippen molar-refractivity contribution in [1.82, 2.24) is 24.6 Å². The van der Waals surface area contributed by atoms with E-state index in [2.05, 4.69) is 72.9 Å². The summed E-state index contributed by atoms with van der Waals surface area (Å²) in [7, 11) is -3.21. The molecule has 5 heterocycles. The summed E-state index contributed by atoms with van der Waals surface area (Å²) in [5.41, 5.74) is 3.17. The highest BCUT2D eigenvalue weighted by Gasteiger charge is 2.49. The van der Waals surface area contributed by atoms with E-state index < -0.39 is 37.0 Å². The number of hydrogen-bond acceptors (Lipinski definition) is 13. The van der Waals surface area contributed by atoms with E-state index in [1.54, 1.807) is 31.3 Å². The third-order valence-electron chi connectivity index (χ3n) is 14.1. The molecule has 8 rings (SSSR count). The molecule has 0 bridgehead atoms. The third kappa shape index (κ3) is 9.98. The van der Waals surface area contributed by atoms with Gasteiger partial charge in [-0.25, -0.2) is 18.1 Å². The Hall–Kier alpha value is -5.78. The lowest BCUT2D eigenvalue weighted by molar-refractivity contribution is -0.384. The van der Waals surface area contributed by atoms with E-state index in [1.807, 2.05) is 13.0 Å². The van der Waals surface area contributed by atoms with E-state index in [0.29, 0.717) is 55.8 Å². The standard InChI is InChI=1S/C49H62N8O8S/c1-6-48(4,59)19-9-10-22-50-45-41(57(60)61)28-35(29-52-45)66(62,63)54-46(58)39-17-16-34(27-42(39)65-43-26-33-18-23-51-44(33)53-47(43)64-5)55-24-20-49(21-25-55)30-56(31-49)40-15-11-14-38(40)37-13-8-7-12-36(37)32(2)3/h7-8,12-13,16-18,23,26-29,32,38,40,59H,6,9-11,14-15,19-22,24-25,30-31H2,1-5H3,(H,50,52)(H,51,53)(H,54,58)/t38-,40-,48+/m0/s1. The number of unbranched alkanes of at least 4 members (excludes halogenated alkanes) is 1. The number of ether oxygens (including phenoxy) is 2. The van der Waals surface area contributed by atoms with Crippen LogP contribution in [0.2, 0.25) is 0 Å². The van der Waals surface area contributed by atoms with Crippen LogP contribution in [0.5, 0.6) is 17.4 Å². The maximum Gasteiger partial charge on any atom is 0.312 e. The number of nitrogens with zero attached hydrogens (tertiary/aromatic N) is 5. The molecule has 0 radical (unpaired) electrons. The number of amides is 1. The number of pyridine rings is 2. The number of rotatable bonds is 18. The van der Waals surface area contributed by atoms with E-state index in [0.717, 1.165) is 62.4 Å². The molecule has 3 aromatic heterocycles. The van der Waals surface area contributed by atoms with Gasteiger partial charge in [-0.15, -0.1) is 0 Å². The molecule has 66 heavy (non-hydrogen) atoms. The zero-order valence-corrected chi connectivity index (χ0v) is 39.3. The van der Waals surface area contributed by atoms with Gasteiger partial charge in [0.1, 0.15) is 16.3 Å². The predicted molar refractivity (Wildman–Crippen MR) is 254 cm³/mol. The summed E-state index contributed by atoms with van der Waals surface area (Å²) in [5, 5.41) is 26.0. The van der Waals surface area contributed by atoms with E-state index in [1.165, 1.54) is 43.6 Å². The van der Waals surface area contributed by atoms with E-state index in [9.17, 15) is 28.4 Å².